The lowest BCUT2D eigenvalue weighted by atomic mass is 10.0. The van der Waals surface area contributed by atoms with Gasteiger partial charge in [-0.25, -0.2) is 4.98 Å². The number of piperidine rings is 1. The third kappa shape index (κ3) is 7.48. The van der Waals surface area contributed by atoms with Crippen molar-refractivity contribution >= 4 is 35.8 Å². The second kappa shape index (κ2) is 12.6. The quantitative estimate of drug-likeness (QED) is 0.239. The lowest BCUT2D eigenvalue weighted by molar-refractivity contribution is 0.456. The Bertz CT molecular complexity index is 968. The van der Waals surface area contributed by atoms with Gasteiger partial charge in [-0.3, -0.25) is 4.99 Å². The Labute approximate surface area is 213 Å². The van der Waals surface area contributed by atoms with Crippen molar-refractivity contribution in [3.05, 3.63) is 83.9 Å². The summed E-state index contributed by atoms with van der Waals surface area (Å²) < 4.78 is 5.46. The Morgan fingerprint density at radius 1 is 1.12 bits per heavy atom. The molecular weight excluding hydrogens is 525 g/mol. The average Bonchev–Trinajstić information content (AvgIpc) is 3.34. The molecule has 3 heterocycles. The van der Waals surface area contributed by atoms with E-state index in [1.54, 1.807) is 6.26 Å². The van der Waals surface area contributed by atoms with E-state index in [1.165, 1.54) is 11.1 Å². The third-order valence-electron chi connectivity index (χ3n) is 5.92. The largest absolute Gasteiger partial charge is 0.469 e. The highest BCUT2D eigenvalue weighted by Crippen LogP contribution is 2.18. The maximum atomic E-state index is 5.46. The minimum atomic E-state index is 0. The number of anilines is 1. The van der Waals surface area contributed by atoms with E-state index in [1.807, 2.05) is 24.4 Å². The molecule has 2 aromatic heterocycles. The van der Waals surface area contributed by atoms with Crippen molar-refractivity contribution in [2.75, 3.05) is 24.5 Å². The number of hydrogen-bond donors (Lipinski definition) is 2. The number of furan rings is 1. The molecule has 0 spiro atoms. The van der Waals surface area contributed by atoms with Crippen molar-refractivity contribution in [2.24, 2.45) is 4.99 Å². The normalized spacial score (nSPS) is 15.6. The summed E-state index contributed by atoms with van der Waals surface area (Å²) in [5.74, 6) is 2.89. The minimum absolute atomic E-state index is 0. The summed E-state index contributed by atoms with van der Waals surface area (Å²) in [5.41, 5.74) is 2.44. The highest BCUT2D eigenvalue weighted by Gasteiger charge is 2.21. The molecule has 2 N–H and O–H groups in total. The maximum absolute atomic E-state index is 5.46. The molecular formula is C26H34IN5O. The molecule has 7 heteroatoms. The van der Waals surface area contributed by atoms with Crippen molar-refractivity contribution in [3.63, 3.8) is 0 Å². The molecule has 1 atom stereocenters. The zero-order valence-corrected chi connectivity index (χ0v) is 21.7. The number of hydrogen-bond acceptors (Lipinski definition) is 4. The summed E-state index contributed by atoms with van der Waals surface area (Å²) >= 11 is 0. The lowest BCUT2D eigenvalue weighted by Crippen LogP contribution is -2.49. The molecule has 33 heavy (non-hydrogen) atoms. The van der Waals surface area contributed by atoms with Crippen LogP contribution in [0.15, 0.2) is 76.5 Å². The average molecular weight is 559 g/mol. The number of pyridine rings is 1. The van der Waals surface area contributed by atoms with Crippen molar-refractivity contribution < 1.29 is 4.42 Å². The first-order valence-electron chi connectivity index (χ1n) is 11.5. The first-order chi connectivity index (χ1) is 15.7. The standard InChI is InChI=1S/C26H33N5O.HI/c1-20-10-11-25(28-19-20)31-16-13-23(14-17-31)30-26(27-15-12-24-9-6-18-32-24)29-21(2)22-7-4-3-5-8-22;/h3-11,18-19,21,23H,12-17H2,1-2H3,(H2,27,29,30);1H. The molecule has 1 fully saturated rings. The lowest BCUT2D eigenvalue weighted by Gasteiger charge is -2.34. The number of aryl methyl sites for hydroxylation is 1. The highest BCUT2D eigenvalue weighted by molar-refractivity contribution is 14.0. The summed E-state index contributed by atoms with van der Waals surface area (Å²) in [5, 5.41) is 7.27. The third-order valence-corrected chi connectivity index (χ3v) is 5.92. The van der Waals surface area contributed by atoms with Gasteiger partial charge >= 0.3 is 0 Å². The summed E-state index contributed by atoms with van der Waals surface area (Å²) in [6.07, 6.45) is 6.54. The van der Waals surface area contributed by atoms with Gasteiger partial charge in [0.25, 0.3) is 0 Å². The van der Waals surface area contributed by atoms with E-state index in [9.17, 15) is 0 Å². The summed E-state index contributed by atoms with van der Waals surface area (Å²) in [6.45, 7) is 6.90. The monoisotopic (exact) mass is 559 g/mol. The number of nitrogens with one attached hydrogen (secondary N) is 2. The van der Waals surface area contributed by atoms with E-state index in [0.717, 1.165) is 49.9 Å². The number of guanidine groups is 1. The van der Waals surface area contributed by atoms with Crippen molar-refractivity contribution in [2.45, 2.75) is 45.2 Å². The van der Waals surface area contributed by atoms with E-state index >= 15 is 0 Å². The molecule has 1 aliphatic heterocycles. The van der Waals surface area contributed by atoms with Crippen LogP contribution in [-0.2, 0) is 6.42 Å². The molecule has 1 aromatic carbocycles. The van der Waals surface area contributed by atoms with Gasteiger partial charge in [-0.05, 0) is 56.0 Å². The Kier molecular flexibility index (Phi) is 9.60. The summed E-state index contributed by atoms with van der Waals surface area (Å²) in [4.78, 5) is 11.8. The number of benzene rings is 1. The van der Waals surface area contributed by atoms with Gasteiger partial charge in [0.05, 0.1) is 12.3 Å². The van der Waals surface area contributed by atoms with Crippen molar-refractivity contribution in [1.82, 2.24) is 15.6 Å². The minimum Gasteiger partial charge on any atom is -0.469 e. The smallest absolute Gasteiger partial charge is 0.191 e. The van der Waals surface area contributed by atoms with Gasteiger partial charge in [0, 0.05) is 38.3 Å². The van der Waals surface area contributed by atoms with Crippen LogP contribution < -0.4 is 15.5 Å². The molecule has 0 amide bonds. The molecule has 0 aliphatic carbocycles. The molecule has 1 unspecified atom stereocenters. The number of halogens is 1. The Balaban J connectivity index is 0.00000306. The van der Waals surface area contributed by atoms with E-state index in [2.05, 4.69) is 70.8 Å². The molecule has 176 valence electrons. The maximum Gasteiger partial charge on any atom is 0.191 e. The SMILES string of the molecule is Cc1ccc(N2CCC(NC(=NCCc3ccco3)NC(C)c3ccccc3)CC2)nc1.I. The number of rotatable bonds is 7. The van der Waals surface area contributed by atoms with Gasteiger partial charge in [-0.1, -0.05) is 36.4 Å². The first kappa shape index (κ1) is 25.1. The zero-order chi connectivity index (χ0) is 22.2. The molecule has 3 aromatic rings. The van der Waals surface area contributed by atoms with Crippen LogP contribution in [0.2, 0.25) is 0 Å². The van der Waals surface area contributed by atoms with Gasteiger partial charge < -0.3 is 20.0 Å². The molecule has 0 bridgehead atoms. The molecule has 0 saturated carbocycles. The van der Waals surface area contributed by atoms with Gasteiger partial charge in [0.2, 0.25) is 0 Å². The second-order valence-electron chi connectivity index (χ2n) is 8.44. The van der Waals surface area contributed by atoms with E-state index < -0.39 is 0 Å². The fourth-order valence-corrected chi connectivity index (χ4v) is 3.99. The van der Waals surface area contributed by atoms with Crippen LogP contribution in [0.3, 0.4) is 0 Å². The predicted octanol–water partition coefficient (Wildman–Crippen LogP) is 5.11. The van der Waals surface area contributed by atoms with Crippen LogP contribution in [0.1, 0.15) is 42.7 Å². The number of aromatic nitrogens is 1. The highest BCUT2D eigenvalue weighted by atomic mass is 127. The van der Waals surface area contributed by atoms with Gasteiger partial charge in [0.15, 0.2) is 5.96 Å². The van der Waals surface area contributed by atoms with Crippen LogP contribution >= 0.6 is 24.0 Å². The van der Waals surface area contributed by atoms with Crippen molar-refractivity contribution in [1.29, 1.82) is 0 Å². The van der Waals surface area contributed by atoms with Crippen LogP contribution in [-0.4, -0.2) is 36.6 Å². The van der Waals surface area contributed by atoms with Crippen molar-refractivity contribution in [3.8, 4) is 0 Å². The fourth-order valence-electron chi connectivity index (χ4n) is 3.99. The number of nitrogens with zero attached hydrogens (tertiary/aromatic N) is 3. The Hall–Kier alpha value is -2.55. The molecule has 1 saturated heterocycles. The molecule has 1 aliphatic rings. The van der Waals surface area contributed by atoms with Gasteiger partial charge in [-0.2, -0.15) is 0 Å². The Morgan fingerprint density at radius 2 is 1.91 bits per heavy atom. The van der Waals surface area contributed by atoms with Crippen LogP contribution in [0.25, 0.3) is 0 Å². The summed E-state index contributed by atoms with van der Waals surface area (Å²) in [7, 11) is 0. The number of aliphatic imine (C=N–C) groups is 1. The zero-order valence-electron chi connectivity index (χ0n) is 19.4. The molecule has 4 rings (SSSR count). The molecule has 6 nitrogen and oxygen atoms in total. The fraction of sp³-hybridized carbons (Fsp3) is 0.385. The van der Waals surface area contributed by atoms with Crippen LogP contribution in [0.5, 0.6) is 0 Å². The Morgan fingerprint density at radius 3 is 2.58 bits per heavy atom. The van der Waals surface area contributed by atoms with Gasteiger partial charge in [-0.15, -0.1) is 24.0 Å². The van der Waals surface area contributed by atoms with E-state index in [0.29, 0.717) is 12.6 Å². The second-order valence-corrected chi connectivity index (χ2v) is 8.44. The van der Waals surface area contributed by atoms with Gasteiger partial charge in [0.1, 0.15) is 11.6 Å². The van der Waals surface area contributed by atoms with Crippen LogP contribution in [0, 0.1) is 6.92 Å². The summed E-state index contributed by atoms with van der Waals surface area (Å²) in [6, 6.07) is 19.2. The molecule has 0 radical (unpaired) electrons. The predicted molar refractivity (Wildman–Crippen MR) is 145 cm³/mol. The van der Waals surface area contributed by atoms with Crippen LogP contribution in [0.4, 0.5) is 5.82 Å². The topological polar surface area (TPSA) is 65.7 Å². The first-order valence-corrected chi connectivity index (χ1v) is 11.5. The van der Waals surface area contributed by atoms with E-state index in [-0.39, 0.29) is 30.0 Å². The van der Waals surface area contributed by atoms with E-state index in [4.69, 9.17) is 9.41 Å².